The summed E-state index contributed by atoms with van der Waals surface area (Å²) in [7, 11) is 0. The van der Waals surface area contributed by atoms with Crippen molar-refractivity contribution in [2.75, 3.05) is 19.6 Å². The van der Waals surface area contributed by atoms with Gasteiger partial charge in [-0.15, -0.1) is 0 Å². The van der Waals surface area contributed by atoms with E-state index in [1.54, 1.807) is 0 Å². The standard InChI is InChI=1S/C14H27N/c1-7-14(6)8-9-15(10-12(2)3)11-13(4)5/h7,12-13H,1,6,8-11H2,2-5H3. The third kappa shape index (κ3) is 8.44. The van der Waals surface area contributed by atoms with Gasteiger partial charge in [-0.1, -0.05) is 52.5 Å². The van der Waals surface area contributed by atoms with Crippen LogP contribution in [0.3, 0.4) is 0 Å². The second-order valence-electron chi connectivity index (χ2n) is 5.16. The molecule has 0 fully saturated rings. The summed E-state index contributed by atoms with van der Waals surface area (Å²) < 4.78 is 0. The number of allylic oxidation sites excluding steroid dienone is 1. The summed E-state index contributed by atoms with van der Waals surface area (Å²) in [6.07, 6.45) is 2.91. The molecule has 0 radical (unpaired) electrons. The van der Waals surface area contributed by atoms with E-state index in [0.29, 0.717) is 0 Å². The lowest BCUT2D eigenvalue weighted by molar-refractivity contribution is 0.222. The van der Waals surface area contributed by atoms with Crippen molar-refractivity contribution in [3.63, 3.8) is 0 Å². The fourth-order valence-corrected chi connectivity index (χ4v) is 1.69. The Morgan fingerprint density at radius 2 is 1.60 bits per heavy atom. The van der Waals surface area contributed by atoms with Gasteiger partial charge in [-0.05, 0) is 18.3 Å². The molecule has 0 aromatic carbocycles. The van der Waals surface area contributed by atoms with E-state index in [9.17, 15) is 0 Å². The second-order valence-corrected chi connectivity index (χ2v) is 5.16. The Morgan fingerprint density at radius 3 is 1.93 bits per heavy atom. The first-order chi connectivity index (χ1) is 6.95. The maximum absolute atomic E-state index is 3.96. The van der Waals surface area contributed by atoms with Crippen molar-refractivity contribution in [1.82, 2.24) is 4.90 Å². The van der Waals surface area contributed by atoms with Crippen molar-refractivity contribution in [2.45, 2.75) is 34.1 Å². The highest BCUT2D eigenvalue weighted by Gasteiger charge is 2.08. The van der Waals surface area contributed by atoms with Crippen LogP contribution in [0.1, 0.15) is 34.1 Å². The third-order valence-electron chi connectivity index (χ3n) is 2.28. The van der Waals surface area contributed by atoms with Gasteiger partial charge in [-0.3, -0.25) is 0 Å². The van der Waals surface area contributed by atoms with Gasteiger partial charge in [0, 0.05) is 19.6 Å². The summed E-state index contributed by atoms with van der Waals surface area (Å²) in [4.78, 5) is 2.53. The van der Waals surface area contributed by atoms with Crippen molar-refractivity contribution < 1.29 is 0 Å². The molecule has 0 aliphatic heterocycles. The van der Waals surface area contributed by atoms with Crippen LogP contribution in [0.25, 0.3) is 0 Å². The van der Waals surface area contributed by atoms with Gasteiger partial charge in [0.15, 0.2) is 0 Å². The van der Waals surface area contributed by atoms with Crippen LogP contribution in [0.4, 0.5) is 0 Å². The van der Waals surface area contributed by atoms with Crippen LogP contribution in [0.5, 0.6) is 0 Å². The molecule has 0 bridgehead atoms. The predicted octanol–water partition coefficient (Wildman–Crippen LogP) is 3.73. The second kappa shape index (κ2) is 7.70. The Kier molecular flexibility index (Phi) is 7.41. The average molecular weight is 209 g/mol. The van der Waals surface area contributed by atoms with Gasteiger partial charge < -0.3 is 4.90 Å². The Morgan fingerprint density at radius 1 is 1.13 bits per heavy atom. The molecule has 0 aromatic rings. The van der Waals surface area contributed by atoms with Crippen molar-refractivity contribution >= 4 is 0 Å². The number of rotatable bonds is 8. The first-order valence-electron chi connectivity index (χ1n) is 5.98. The van der Waals surface area contributed by atoms with Gasteiger partial charge in [-0.2, -0.15) is 0 Å². The van der Waals surface area contributed by atoms with Crippen molar-refractivity contribution in [3.05, 3.63) is 24.8 Å². The van der Waals surface area contributed by atoms with Crippen molar-refractivity contribution in [2.24, 2.45) is 11.8 Å². The smallest absolute Gasteiger partial charge is 0.00218 e. The van der Waals surface area contributed by atoms with Crippen LogP contribution in [0.2, 0.25) is 0 Å². The van der Waals surface area contributed by atoms with Crippen molar-refractivity contribution in [3.8, 4) is 0 Å². The highest BCUT2D eigenvalue weighted by Crippen LogP contribution is 2.07. The van der Waals surface area contributed by atoms with Gasteiger partial charge in [0.25, 0.3) is 0 Å². The molecular formula is C14H27N. The SMILES string of the molecule is C=CC(=C)CCN(CC(C)C)CC(C)C. The quantitative estimate of drug-likeness (QED) is 0.551. The molecule has 0 heterocycles. The summed E-state index contributed by atoms with van der Waals surface area (Å²) in [5.74, 6) is 1.47. The summed E-state index contributed by atoms with van der Waals surface area (Å²) >= 11 is 0. The predicted molar refractivity (Wildman–Crippen MR) is 70.1 cm³/mol. The minimum Gasteiger partial charge on any atom is -0.302 e. The lowest BCUT2D eigenvalue weighted by Gasteiger charge is -2.26. The Hall–Kier alpha value is -0.560. The zero-order valence-corrected chi connectivity index (χ0v) is 10.9. The zero-order valence-electron chi connectivity index (χ0n) is 10.9. The van der Waals surface area contributed by atoms with Gasteiger partial charge in [-0.25, -0.2) is 0 Å². The highest BCUT2D eigenvalue weighted by atomic mass is 15.1. The molecule has 0 aromatic heterocycles. The van der Waals surface area contributed by atoms with E-state index in [1.807, 2.05) is 6.08 Å². The Labute approximate surface area is 95.9 Å². The fourth-order valence-electron chi connectivity index (χ4n) is 1.69. The van der Waals surface area contributed by atoms with E-state index >= 15 is 0 Å². The fraction of sp³-hybridized carbons (Fsp3) is 0.714. The van der Waals surface area contributed by atoms with E-state index in [4.69, 9.17) is 0 Å². The minimum absolute atomic E-state index is 0.737. The zero-order chi connectivity index (χ0) is 11.8. The molecule has 0 amide bonds. The first-order valence-corrected chi connectivity index (χ1v) is 5.98. The molecule has 0 atom stereocenters. The molecule has 0 rings (SSSR count). The lowest BCUT2D eigenvalue weighted by Crippen LogP contribution is -2.32. The molecule has 15 heavy (non-hydrogen) atoms. The molecule has 0 saturated heterocycles. The van der Waals surface area contributed by atoms with E-state index < -0.39 is 0 Å². The van der Waals surface area contributed by atoms with Gasteiger partial charge >= 0.3 is 0 Å². The molecule has 0 N–H and O–H groups in total. The molecule has 88 valence electrons. The largest absolute Gasteiger partial charge is 0.302 e. The summed E-state index contributed by atoms with van der Waals surface area (Å²) in [6, 6.07) is 0. The summed E-state index contributed by atoms with van der Waals surface area (Å²) in [5.41, 5.74) is 1.15. The monoisotopic (exact) mass is 209 g/mol. The van der Waals surface area contributed by atoms with E-state index in [-0.39, 0.29) is 0 Å². The highest BCUT2D eigenvalue weighted by molar-refractivity contribution is 5.10. The first kappa shape index (κ1) is 14.4. The van der Waals surface area contributed by atoms with Crippen LogP contribution in [0.15, 0.2) is 24.8 Å². The number of hydrogen-bond acceptors (Lipinski definition) is 1. The van der Waals surface area contributed by atoms with Crippen LogP contribution in [-0.2, 0) is 0 Å². The molecule has 1 heteroatoms. The molecule has 0 aliphatic carbocycles. The van der Waals surface area contributed by atoms with E-state index in [1.165, 1.54) is 13.1 Å². The topological polar surface area (TPSA) is 3.24 Å². The van der Waals surface area contributed by atoms with Crippen LogP contribution >= 0.6 is 0 Å². The number of nitrogens with zero attached hydrogens (tertiary/aromatic N) is 1. The van der Waals surface area contributed by atoms with Gasteiger partial charge in [0.05, 0.1) is 0 Å². The molecular weight excluding hydrogens is 182 g/mol. The molecule has 0 aliphatic rings. The normalized spacial score (nSPS) is 11.4. The maximum atomic E-state index is 3.96. The van der Waals surface area contributed by atoms with Crippen molar-refractivity contribution in [1.29, 1.82) is 0 Å². The molecule has 1 nitrogen and oxygen atoms in total. The molecule has 0 unspecified atom stereocenters. The minimum atomic E-state index is 0.737. The third-order valence-corrected chi connectivity index (χ3v) is 2.28. The Balaban J connectivity index is 4.00. The van der Waals surface area contributed by atoms with E-state index in [2.05, 4.69) is 45.8 Å². The maximum Gasteiger partial charge on any atom is 0.00218 e. The Bertz CT molecular complexity index is 182. The molecule has 0 saturated carbocycles. The van der Waals surface area contributed by atoms with Gasteiger partial charge in [0.2, 0.25) is 0 Å². The van der Waals surface area contributed by atoms with Gasteiger partial charge in [0.1, 0.15) is 0 Å². The summed E-state index contributed by atoms with van der Waals surface area (Å²) in [5, 5.41) is 0. The van der Waals surface area contributed by atoms with Crippen LogP contribution in [-0.4, -0.2) is 24.5 Å². The summed E-state index contributed by atoms with van der Waals surface area (Å²) in [6.45, 7) is 20.3. The molecule has 0 spiro atoms. The average Bonchev–Trinajstić information content (AvgIpc) is 2.11. The lowest BCUT2D eigenvalue weighted by atomic mass is 10.1. The van der Waals surface area contributed by atoms with Crippen LogP contribution < -0.4 is 0 Å². The number of hydrogen-bond donors (Lipinski definition) is 0. The van der Waals surface area contributed by atoms with Crippen LogP contribution in [0, 0.1) is 11.8 Å². The van der Waals surface area contributed by atoms with E-state index in [0.717, 1.165) is 30.4 Å².